The number of nitrogens with zero attached hydrogens (tertiary/aromatic N) is 4. The zero-order valence-corrected chi connectivity index (χ0v) is 27.9. The van der Waals surface area contributed by atoms with Crippen LogP contribution in [-0.4, -0.2) is 41.6 Å². The lowest BCUT2D eigenvalue weighted by atomic mass is 9.77. The molecular formula is C40H31F3N4O2S. The second-order valence-corrected chi connectivity index (χ2v) is 14.2. The Morgan fingerprint density at radius 2 is 1.16 bits per heavy atom. The van der Waals surface area contributed by atoms with Gasteiger partial charge < -0.3 is 0 Å². The van der Waals surface area contributed by atoms with Gasteiger partial charge in [0.1, 0.15) is 5.54 Å². The Labute approximate surface area is 288 Å². The van der Waals surface area contributed by atoms with Crippen molar-refractivity contribution in [2.45, 2.75) is 16.6 Å². The highest BCUT2D eigenvalue weighted by Gasteiger charge is 2.44. The van der Waals surface area contributed by atoms with Crippen LogP contribution >= 0.6 is 0 Å². The van der Waals surface area contributed by atoms with Crippen LogP contribution in [0, 0.1) is 0 Å². The van der Waals surface area contributed by atoms with E-state index in [0.717, 1.165) is 21.0 Å². The molecule has 0 saturated carbocycles. The van der Waals surface area contributed by atoms with E-state index in [1.807, 2.05) is 91.0 Å². The topological polar surface area (TPSA) is 68.1 Å². The number of fused-ring (bicyclic) bond motifs is 1. The van der Waals surface area contributed by atoms with Crippen LogP contribution in [0.4, 0.5) is 13.2 Å². The van der Waals surface area contributed by atoms with Crippen molar-refractivity contribution in [3.05, 3.63) is 174 Å². The van der Waals surface area contributed by atoms with Crippen molar-refractivity contribution in [1.29, 1.82) is 0 Å². The fourth-order valence-corrected chi connectivity index (χ4v) is 7.39. The molecule has 2 heterocycles. The Balaban J connectivity index is 1.46. The number of rotatable bonds is 8. The highest BCUT2D eigenvalue weighted by atomic mass is 32.2. The molecule has 0 bridgehead atoms. The van der Waals surface area contributed by atoms with E-state index in [2.05, 4.69) is 10.1 Å². The first-order valence-electron chi connectivity index (χ1n) is 15.8. The quantitative estimate of drug-likeness (QED) is 0.150. The lowest BCUT2D eigenvalue weighted by molar-refractivity contribution is -0.141. The Hall–Kier alpha value is -5.58. The molecule has 0 N–H and O–H groups in total. The third-order valence-corrected chi connectivity index (χ3v) is 10.7. The Morgan fingerprint density at radius 3 is 1.66 bits per heavy atom. The highest BCUT2D eigenvalue weighted by Crippen LogP contribution is 2.45. The standard InChI is InChI=1S/C40H31F3N4O2S/c1-46(2)50(48,49)33-21-18-28(19-22-33)34-24-25-44-37-23-20-29(26-35(34)37)36-27-47(45-38(36)40(41,42)43)39(30-12-6-3-7-13-30,31-14-8-4-9-15-31)32-16-10-5-11-17-32/h3-27H,1-2H3. The van der Waals surface area contributed by atoms with Crippen LogP contribution in [0.25, 0.3) is 33.2 Å². The number of pyridine rings is 1. The SMILES string of the molecule is CN(C)S(=O)(=O)c1ccc(-c2ccnc3ccc(-c4cn(C(c5ccccc5)(c5ccccc5)c5ccccc5)nc4C(F)(F)F)cc23)cc1. The van der Waals surface area contributed by atoms with Gasteiger partial charge in [-0.1, -0.05) is 109 Å². The van der Waals surface area contributed by atoms with Crippen molar-refractivity contribution in [3.63, 3.8) is 0 Å². The van der Waals surface area contributed by atoms with Crippen LogP contribution in [-0.2, 0) is 21.7 Å². The van der Waals surface area contributed by atoms with Gasteiger partial charge in [-0.3, -0.25) is 9.67 Å². The lowest BCUT2D eigenvalue weighted by Gasteiger charge is -2.36. The van der Waals surface area contributed by atoms with Gasteiger partial charge in [-0.25, -0.2) is 12.7 Å². The molecule has 0 aliphatic rings. The van der Waals surface area contributed by atoms with Crippen molar-refractivity contribution in [2.24, 2.45) is 0 Å². The molecule has 250 valence electrons. The summed E-state index contributed by atoms with van der Waals surface area (Å²) in [6.45, 7) is 0. The van der Waals surface area contributed by atoms with Gasteiger partial charge >= 0.3 is 6.18 Å². The summed E-state index contributed by atoms with van der Waals surface area (Å²) in [5, 5.41) is 4.99. The maximum atomic E-state index is 15.1. The van der Waals surface area contributed by atoms with Crippen LogP contribution in [0.2, 0.25) is 0 Å². The molecule has 6 nitrogen and oxygen atoms in total. The van der Waals surface area contributed by atoms with Crippen LogP contribution in [0.1, 0.15) is 22.4 Å². The first-order chi connectivity index (χ1) is 24.0. The third-order valence-electron chi connectivity index (χ3n) is 8.90. The van der Waals surface area contributed by atoms with E-state index in [1.54, 1.807) is 42.6 Å². The molecule has 0 fully saturated rings. The normalized spacial score (nSPS) is 12.4. The molecule has 0 aliphatic carbocycles. The summed E-state index contributed by atoms with van der Waals surface area (Å²) in [5.74, 6) is 0. The van der Waals surface area contributed by atoms with Crippen molar-refractivity contribution in [2.75, 3.05) is 14.1 Å². The fraction of sp³-hybridized carbons (Fsp3) is 0.100. The largest absolute Gasteiger partial charge is 0.435 e. The van der Waals surface area contributed by atoms with Crippen LogP contribution in [0.15, 0.2) is 157 Å². The molecule has 7 rings (SSSR count). The van der Waals surface area contributed by atoms with Crippen LogP contribution in [0.5, 0.6) is 0 Å². The first-order valence-corrected chi connectivity index (χ1v) is 17.2. The van der Waals surface area contributed by atoms with Crippen molar-refractivity contribution in [3.8, 4) is 22.3 Å². The fourth-order valence-electron chi connectivity index (χ4n) is 6.48. The maximum Gasteiger partial charge on any atom is 0.435 e. The monoisotopic (exact) mass is 688 g/mol. The molecular weight excluding hydrogens is 658 g/mol. The van der Waals surface area contributed by atoms with Gasteiger partial charge in [0, 0.05) is 37.4 Å². The van der Waals surface area contributed by atoms with E-state index in [9.17, 15) is 8.42 Å². The maximum absolute atomic E-state index is 15.1. The predicted molar refractivity (Wildman–Crippen MR) is 189 cm³/mol. The Bertz CT molecular complexity index is 2300. The third kappa shape index (κ3) is 5.66. The van der Waals surface area contributed by atoms with E-state index in [4.69, 9.17) is 0 Å². The molecule has 0 amide bonds. The van der Waals surface area contributed by atoms with Gasteiger partial charge in [-0.05, 0) is 63.7 Å². The molecule has 2 aromatic heterocycles. The average Bonchev–Trinajstić information content (AvgIpc) is 3.60. The van der Waals surface area contributed by atoms with Gasteiger partial charge in [-0.15, -0.1) is 0 Å². The molecule has 10 heteroatoms. The Morgan fingerprint density at radius 1 is 0.640 bits per heavy atom. The number of hydrogen-bond donors (Lipinski definition) is 0. The molecule has 0 spiro atoms. The van der Waals surface area contributed by atoms with Gasteiger partial charge in [-0.2, -0.15) is 18.3 Å². The lowest BCUT2D eigenvalue weighted by Crippen LogP contribution is -2.38. The second-order valence-electron chi connectivity index (χ2n) is 12.0. The number of halogens is 3. The molecule has 0 aliphatic heterocycles. The summed E-state index contributed by atoms with van der Waals surface area (Å²) in [6.07, 6.45) is -1.68. The minimum atomic E-state index is -4.78. The van der Waals surface area contributed by atoms with Gasteiger partial charge in [0.05, 0.1) is 10.4 Å². The zero-order valence-electron chi connectivity index (χ0n) is 27.1. The molecule has 5 aromatic carbocycles. The summed E-state index contributed by atoms with van der Waals surface area (Å²) in [6, 6.07) is 41.4. The zero-order chi connectivity index (χ0) is 35.1. The van der Waals surface area contributed by atoms with Crippen molar-refractivity contribution in [1.82, 2.24) is 19.1 Å². The van der Waals surface area contributed by atoms with Crippen LogP contribution in [0.3, 0.4) is 0 Å². The number of alkyl halides is 3. The molecule has 0 saturated heterocycles. The van der Waals surface area contributed by atoms with Gasteiger partial charge in [0.15, 0.2) is 5.69 Å². The van der Waals surface area contributed by atoms with Crippen LogP contribution < -0.4 is 0 Å². The predicted octanol–water partition coefficient (Wildman–Crippen LogP) is 8.87. The number of sulfonamides is 1. The van der Waals surface area contributed by atoms with Crippen molar-refractivity contribution >= 4 is 20.9 Å². The number of benzene rings is 5. The summed E-state index contributed by atoms with van der Waals surface area (Å²) >= 11 is 0. The molecule has 7 aromatic rings. The molecule has 50 heavy (non-hydrogen) atoms. The average molecular weight is 689 g/mol. The number of hydrogen-bond acceptors (Lipinski definition) is 4. The van der Waals surface area contributed by atoms with E-state index in [1.165, 1.54) is 37.1 Å². The van der Waals surface area contributed by atoms with E-state index in [0.29, 0.717) is 27.6 Å². The van der Waals surface area contributed by atoms with E-state index < -0.39 is 27.4 Å². The summed E-state index contributed by atoms with van der Waals surface area (Å²) in [7, 11) is -0.724. The summed E-state index contributed by atoms with van der Waals surface area (Å²) < 4.78 is 73.1. The van der Waals surface area contributed by atoms with Gasteiger partial charge in [0.25, 0.3) is 0 Å². The molecule has 0 unspecified atom stereocenters. The summed E-state index contributed by atoms with van der Waals surface area (Å²) in [5.41, 5.74) is 2.13. The van der Waals surface area contributed by atoms with Crippen molar-refractivity contribution < 1.29 is 21.6 Å². The molecule has 0 atom stereocenters. The Kier molecular flexibility index (Phi) is 8.37. The smallest absolute Gasteiger partial charge is 0.256 e. The number of aromatic nitrogens is 3. The van der Waals surface area contributed by atoms with E-state index >= 15 is 13.2 Å². The van der Waals surface area contributed by atoms with E-state index in [-0.39, 0.29) is 10.5 Å². The minimum Gasteiger partial charge on any atom is -0.256 e. The first kappa shape index (κ1) is 32.9. The highest BCUT2D eigenvalue weighted by molar-refractivity contribution is 7.89. The van der Waals surface area contributed by atoms with Gasteiger partial charge in [0.2, 0.25) is 10.0 Å². The second kappa shape index (κ2) is 12.7. The minimum absolute atomic E-state index is 0.0891. The summed E-state index contributed by atoms with van der Waals surface area (Å²) in [4.78, 5) is 4.60. The molecule has 0 radical (unpaired) electrons.